The number of halogens is 1. The van der Waals surface area contributed by atoms with Crippen molar-refractivity contribution in [3.63, 3.8) is 0 Å². The third-order valence-electron chi connectivity index (χ3n) is 5.44. The molecule has 0 atom stereocenters. The summed E-state index contributed by atoms with van der Waals surface area (Å²) in [6, 6.07) is 10.2. The molecule has 0 radical (unpaired) electrons. The Balaban J connectivity index is 1.68. The smallest absolute Gasteiger partial charge is 0.234 e. The molecule has 0 saturated carbocycles. The van der Waals surface area contributed by atoms with Crippen LogP contribution in [-0.2, 0) is 17.9 Å². The first-order valence-electron chi connectivity index (χ1n) is 11.1. The van der Waals surface area contributed by atoms with Gasteiger partial charge in [0.15, 0.2) is 11.0 Å². The van der Waals surface area contributed by atoms with Crippen molar-refractivity contribution in [3.8, 4) is 5.75 Å². The Bertz CT molecular complexity index is 1190. The van der Waals surface area contributed by atoms with Crippen molar-refractivity contribution in [2.24, 2.45) is 0 Å². The van der Waals surface area contributed by atoms with Gasteiger partial charge in [0.05, 0.1) is 11.4 Å². The minimum Gasteiger partial charge on any atom is -0.485 e. The standard InChI is InChI=1S/C26H31BrN4O2S/c1-7-10-31-24(14-33-23-11-17(4)8-9-20(23)16(2)3)29-30-26(31)34-15-25(32)28-22-13-19(6)18(5)12-21(22)27/h7-9,11-13,16H,1,10,14-15H2,2-6H3,(H,28,32). The van der Waals surface area contributed by atoms with Crippen molar-refractivity contribution < 1.29 is 9.53 Å². The molecule has 0 unspecified atom stereocenters. The zero-order chi connectivity index (χ0) is 24.8. The fourth-order valence-electron chi connectivity index (χ4n) is 3.42. The minimum absolute atomic E-state index is 0.110. The van der Waals surface area contributed by atoms with Gasteiger partial charge in [0.2, 0.25) is 5.91 Å². The molecule has 0 aliphatic heterocycles. The van der Waals surface area contributed by atoms with Gasteiger partial charge in [-0.05, 0) is 83.1 Å². The van der Waals surface area contributed by atoms with Crippen LogP contribution < -0.4 is 10.1 Å². The van der Waals surface area contributed by atoms with Crippen LogP contribution >= 0.6 is 27.7 Å². The monoisotopic (exact) mass is 542 g/mol. The van der Waals surface area contributed by atoms with E-state index < -0.39 is 0 Å². The highest BCUT2D eigenvalue weighted by molar-refractivity contribution is 9.10. The van der Waals surface area contributed by atoms with E-state index in [0.717, 1.165) is 38.2 Å². The number of nitrogens with zero attached hydrogens (tertiary/aromatic N) is 3. The van der Waals surface area contributed by atoms with Crippen LogP contribution in [0.3, 0.4) is 0 Å². The SMILES string of the molecule is C=CCn1c(COc2cc(C)ccc2C(C)C)nnc1SCC(=O)Nc1cc(C)c(C)cc1Br. The van der Waals surface area contributed by atoms with Crippen molar-refractivity contribution in [2.75, 3.05) is 11.1 Å². The molecular weight excluding hydrogens is 512 g/mol. The molecular formula is C26H31BrN4O2S. The van der Waals surface area contributed by atoms with E-state index in [1.165, 1.54) is 11.8 Å². The lowest BCUT2D eigenvalue weighted by atomic mass is 10.0. The Morgan fingerprint density at radius 3 is 2.65 bits per heavy atom. The van der Waals surface area contributed by atoms with Gasteiger partial charge in [-0.2, -0.15) is 0 Å². The van der Waals surface area contributed by atoms with E-state index in [4.69, 9.17) is 4.74 Å². The van der Waals surface area contributed by atoms with Crippen LogP contribution in [0.25, 0.3) is 0 Å². The molecule has 0 aliphatic carbocycles. The summed E-state index contributed by atoms with van der Waals surface area (Å²) in [5.74, 6) is 2.00. The maximum absolute atomic E-state index is 12.6. The van der Waals surface area contributed by atoms with Crippen LogP contribution in [0.4, 0.5) is 5.69 Å². The van der Waals surface area contributed by atoms with Gasteiger partial charge in [-0.15, -0.1) is 16.8 Å². The van der Waals surface area contributed by atoms with Gasteiger partial charge in [-0.25, -0.2) is 0 Å². The third-order valence-corrected chi connectivity index (χ3v) is 7.07. The van der Waals surface area contributed by atoms with Gasteiger partial charge < -0.3 is 10.1 Å². The number of aryl methyl sites for hydroxylation is 3. The summed E-state index contributed by atoms with van der Waals surface area (Å²) in [6.45, 7) is 15.1. The maximum Gasteiger partial charge on any atom is 0.234 e. The van der Waals surface area contributed by atoms with Crippen LogP contribution in [0.1, 0.15) is 47.8 Å². The maximum atomic E-state index is 12.6. The number of hydrogen-bond donors (Lipinski definition) is 1. The number of rotatable bonds is 10. The van der Waals surface area contributed by atoms with E-state index in [9.17, 15) is 4.79 Å². The highest BCUT2D eigenvalue weighted by atomic mass is 79.9. The molecule has 8 heteroatoms. The Morgan fingerprint density at radius 1 is 1.21 bits per heavy atom. The molecule has 0 spiro atoms. The zero-order valence-corrected chi connectivity index (χ0v) is 22.7. The first kappa shape index (κ1) is 26.0. The average molecular weight is 544 g/mol. The predicted molar refractivity (Wildman–Crippen MR) is 143 cm³/mol. The molecule has 1 aromatic heterocycles. The number of allylic oxidation sites excluding steroid dienone is 1. The number of nitrogens with one attached hydrogen (secondary N) is 1. The molecule has 0 bridgehead atoms. The molecule has 180 valence electrons. The molecule has 0 fully saturated rings. The Labute approximate surface area is 214 Å². The average Bonchev–Trinajstić information content (AvgIpc) is 3.16. The largest absolute Gasteiger partial charge is 0.485 e. The number of aromatic nitrogens is 3. The molecule has 3 aromatic rings. The fourth-order valence-corrected chi connectivity index (χ4v) is 4.75. The van der Waals surface area contributed by atoms with Crippen LogP contribution in [-0.4, -0.2) is 26.4 Å². The molecule has 1 N–H and O–H groups in total. The summed E-state index contributed by atoms with van der Waals surface area (Å²) >= 11 is 4.86. The van der Waals surface area contributed by atoms with E-state index in [1.54, 1.807) is 6.08 Å². The summed E-state index contributed by atoms with van der Waals surface area (Å²) in [4.78, 5) is 12.6. The van der Waals surface area contributed by atoms with Crippen molar-refractivity contribution in [2.45, 2.75) is 58.8 Å². The Morgan fingerprint density at radius 2 is 1.94 bits per heavy atom. The topological polar surface area (TPSA) is 69.0 Å². The van der Waals surface area contributed by atoms with Crippen molar-refractivity contribution >= 4 is 39.3 Å². The number of hydrogen-bond acceptors (Lipinski definition) is 5. The number of ether oxygens (including phenoxy) is 1. The van der Waals surface area contributed by atoms with Gasteiger partial charge in [-0.1, -0.05) is 43.8 Å². The number of carbonyl (C=O) groups excluding carboxylic acids is 1. The molecule has 3 rings (SSSR count). The van der Waals surface area contributed by atoms with Crippen LogP contribution in [0.2, 0.25) is 0 Å². The number of thioether (sulfide) groups is 1. The summed E-state index contributed by atoms with van der Waals surface area (Å²) in [5, 5.41) is 12.2. The van der Waals surface area contributed by atoms with E-state index in [-0.39, 0.29) is 18.3 Å². The van der Waals surface area contributed by atoms with E-state index in [1.807, 2.05) is 37.5 Å². The zero-order valence-electron chi connectivity index (χ0n) is 20.3. The van der Waals surface area contributed by atoms with Crippen molar-refractivity contribution in [1.82, 2.24) is 14.8 Å². The number of carbonyl (C=O) groups is 1. The fraction of sp³-hybridized carbons (Fsp3) is 0.346. The number of benzene rings is 2. The number of anilines is 1. The Kier molecular flexibility index (Phi) is 8.97. The van der Waals surface area contributed by atoms with Crippen LogP contribution in [0.15, 0.2) is 52.6 Å². The molecule has 0 saturated heterocycles. The quantitative estimate of drug-likeness (QED) is 0.231. The second-order valence-corrected chi connectivity index (χ2v) is 10.3. The second kappa shape index (κ2) is 11.7. The summed E-state index contributed by atoms with van der Waals surface area (Å²) in [6.07, 6.45) is 1.79. The highest BCUT2D eigenvalue weighted by Gasteiger charge is 2.16. The van der Waals surface area contributed by atoms with Gasteiger partial charge in [-0.3, -0.25) is 9.36 Å². The van der Waals surface area contributed by atoms with Gasteiger partial charge >= 0.3 is 0 Å². The van der Waals surface area contributed by atoms with E-state index >= 15 is 0 Å². The van der Waals surface area contributed by atoms with E-state index in [0.29, 0.717) is 23.4 Å². The lowest BCUT2D eigenvalue weighted by molar-refractivity contribution is -0.113. The normalized spacial score (nSPS) is 11.0. The lowest BCUT2D eigenvalue weighted by Gasteiger charge is -2.15. The third kappa shape index (κ3) is 6.51. The van der Waals surface area contributed by atoms with E-state index in [2.05, 4.69) is 70.1 Å². The molecule has 1 amide bonds. The Hall–Kier alpha value is -2.58. The van der Waals surface area contributed by atoms with Crippen LogP contribution in [0.5, 0.6) is 5.75 Å². The van der Waals surface area contributed by atoms with Crippen LogP contribution in [0, 0.1) is 20.8 Å². The highest BCUT2D eigenvalue weighted by Crippen LogP contribution is 2.29. The number of amides is 1. The first-order valence-corrected chi connectivity index (χ1v) is 12.9. The first-order chi connectivity index (χ1) is 16.2. The molecule has 0 aliphatic rings. The lowest BCUT2D eigenvalue weighted by Crippen LogP contribution is -2.15. The molecule has 34 heavy (non-hydrogen) atoms. The summed E-state index contributed by atoms with van der Waals surface area (Å²) in [5.41, 5.74) is 5.34. The molecule has 1 heterocycles. The predicted octanol–water partition coefficient (Wildman–Crippen LogP) is 6.59. The van der Waals surface area contributed by atoms with Gasteiger partial charge in [0.1, 0.15) is 12.4 Å². The molecule has 6 nitrogen and oxygen atoms in total. The van der Waals surface area contributed by atoms with Crippen molar-refractivity contribution in [1.29, 1.82) is 0 Å². The summed E-state index contributed by atoms with van der Waals surface area (Å²) < 4.78 is 8.95. The van der Waals surface area contributed by atoms with Gasteiger partial charge in [0, 0.05) is 11.0 Å². The second-order valence-electron chi connectivity index (χ2n) is 8.54. The molecule has 2 aromatic carbocycles. The summed E-state index contributed by atoms with van der Waals surface area (Å²) in [7, 11) is 0. The minimum atomic E-state index is -0.110. The van der Waals surface area contributed by atoms with Gasteiger partial charge in [0.25, 0.3) is 0 Å². The van der Waals surface area contributed by atoms with Crippen molar-refractivity contribution in [3.05, 3.63) is 75.5 Å².